The van der Waals surface area contributed by atoms with Crippen LogP contribution in [0.4, 0.5) is 0 Å². The number of rotatable bonds is 3. The Bertz CT molecular complexity index is 43.0. The molecule has 0 rings (SSSR count). The first-order valence-corrected chi connectivity index (χ1v) is 9.02. The molecule has 0 aromatic heterocycles. The minimum absolute atomic E-state index is 0.568. The van der Waals surface area contributed by atoms with Crippen LogP contribution >= 0.6 is 13.6 Å². The molecule has 0 spiro atoms. The van der Waals surface area contributed by atoms with Gasteiger partial charge in [-0.15, -0.1) is 0 Å². The topological polar surface area (TPSA) is 26.3 Å². The van der Waals surface area contributed by atoms with E-state index in [0.29, 0.717) is 12.9 Å². The first kappa shape index (κ1) is 11.4. The Balaban J connectivity index is 0. The molecule has 0 aliphatic rings. The van der Waals surface area contributed by atoms with Gasteiger partial charge in [0.05, 0.1) is 0 Å². The van der Waals surface area contributed by atoms with Crippen LogP contribution in [0.1, 0.15) is 6.92 Å². The van der Waals surface area contributed by atoms with E-state index in [9.17, 15) is 4.79 Å². The van der Waals surface area contributed by atoms with E-state index in [1.54, 1.807) is 0 Å². The maximum atomic E-state index is 9.38. The molecule has 44 valence electrons. The second kappa shape index (κ2) is 15.6. The molecule has 2 nitrogen and oxygen atoms in total. The van der Waals surface area contributed by atoms with Gasteiger partial charge in [-0.1, -0.05) is 0 Å². The number of ether oxygens (including phenoxy) is 1. The summed E-state index contributed by atoms with van der Waals surface area (Å²) in [6.45, 7) is 3.51. The Morgan fingerprint density at radius 1 is 1.88 bits per heavy atom. The standard InChI is InChI=1S/C4H7O2.BrH.Zn/c1-2-6-4-3-5;;/h3-4H,2H2,1H3;1H;/q-1;;+2/p-1. The summed E-state index contributed by atoms with van der Waals surface area (Å²) in [6, 6.07) is 0. The van der Waals surface area contributed by atoms with Gasteiger partial charge in [-0.2, -0.15) is 0 Å². The zero-order chi connectivity index (χ0) is 6.83. The van der Waals surface area contributed by atoms with E-state index in [2.05, 4.69) is 18.4 Å². The fraction of sp³-hybridized carbons (Fsp3) is 0.500. The van der Waals surface area contributed by atoms with Crippen molar-refractivity contribution in [3.05, 3.63) is 6.61 Å². The van der Waals surface area contributed by atoms with Crippen molar-refractivity contribution in [3.63, 3.8) is 0 Å². The zero-order valence-corrected chi connectivity index (χ0v) is 9.32. The second-order valence-electron chi connectivity index (χ2n) is 0.728. The molecule has 0 radical (unpaired) electrons. The van der Waals surface area contributed by atoms with Crippen LogP contribution in [0, 0.1) is 6.61 Å². The SMILES string of the molecule is CCO[CH-]C=O.[Zn+][Br]. The van der Waals surface area contributed by atoms with Crippen LogP contribution in [0.3, 0.4) is 0 Å². The molecule has 0 amide bonds. The van der Waals surface area contributed by atoms with Crippen LogP contribution in [0.5, 0.6) is 0 Å². The predicted molar refractivity (Wildman–Crippen MR) is 30.9 cm³/mol. The summed E-state index contributed by atoms with van der Waals surface area (Å²) >= 11 is 4.25. The van der Waals surface area contributed by atoms with Gasteiger partial charge in [0, 0.05) is 12.9 Å². The van der Waals surface area contributed by atoms with E-state index in [4.69, 9.17) is 0 Å². The number of carbonyl (C=O) groups is 1. The van der Waals surface area contributed by atoms with Gasteiger partial charge in [-0.25, -0.2) is 6.61 Å². The van der Waals surface area contributed by atoms with Crippen molar-refractivity contribution < 1.29 is 25.9 Å². The first-order chi connectivity index (χ1) is 3.91. The third kappa shape index (κ3) is 16.0. The van der Waals surface area contributed by atoms with Gasteiger partial charge < -0.3 is 9.53 Å². The van der Waals surface area contributed by atoms with Crippen molar-refractivity contribution in [1.29, 1.82) is 0 Å². The number of carbonyl (C=O) groups excluding carboxylic acids is 1. The molecule has 8 heavy (non-hydrogen) atoms. The van der Waals surface area contributed by atoms with Crippen LogP contribution in [0.15, 0.2) is 0 Å². The van der Waals surface area contributed by atoms with E-state index in [1.165, 1.54) is 16.3 Å². The van der Waals surface area contributed by atoms with E-state index < -0.39 is 0 Å². The van der Waals surface area contributed by atoms with Gasteiger partial charge in [0.1, 0.15) is 0 Å². The normalized spacial score (nSPS) is 6.50. The van der Waals surface area contributed by atoms with E-state index >= 15 is 0 Å². The van der Waals surface area contributed by atoms with Gasteiger partial charge in [0.15, 0.2) is 0 Å². The van der Waals surface area contributed by atoms with Crippen molar-refractivity contribution in [2.75, 3.05) is 6.61 Å². The van der Waals surface area contributed by atoms with E-state index in [0.717, 1.165) is 6.61 Å². The number of hydrogen-bond acceptors (Lipinski definition) is 2. The maximum absolute atomic E-state index is 9.38. The second-order valence-corrected chi connectivity index (χ2v) is 0.728. The third-order valence-electron chi connectivity index (χ3n) is 0.318. The molecule has 0 fully saturated rings. The van der Waals surface area contributed by atoms with Crippen LogP contribution in [0.25, 0.3) is 0 Å². The van der Waals surface area contributed by atoms with Gasteiger partial charge in [-0.3, -0.25) is 0 Å². The fourth-order valence-corrected chi connectivity index (χ4v) is 0.136. The molecule has 0 aliphatic carbocycles. The summed E-state index contributed by atoms with van der Waals surface area (Å²) < 4.78 is 4.49. The minimum atomic E-state index is 0.568. The van der Waals surface area contributed by atoms with Crippen molar-refractivity contribution in [1.82, 2.24) is 0 Å². The van der Waals surface area contributed by atoms with Crippen molar-refractivity contribution in [2.24, 2.45) is 0 Å². The molecule has 0 saturated carbocycles. The molecular weight excluding hydrogens is 225 g/mol. The Morgan fingerprint density at radius 2 is 2.38 bits per heavy atom. The number of halogens is 1. The van der Waals surface area contributed by atoms with E-state index in [1.807, 2.05) is 6.92 Å². The summed E-state index contributed by atoms with van der Waals surface area (Å²) in [7, 11) is 0. The molecule has 0 saturated heterocycles. The summed E-state index contributed by atoms with van der Waals surface area (Å²) in [5, 5.41) is 0. The number of hydrogen-bond donors (Lipinski definition) is 0. The quantitative estimate of drug-likeness (QED) is 0.317. The van der Waals surface area contributed by atoms with Crippen molar-refractivity contribution in [3.8, 4) is 0 Å². The number of aldehydes is 1. The van der Waals surface area contributed by atoms with Gasteiger partial charge >= 0.3 is 30.0 Å². The Morgan fingerprint density at radius 3 is 2.50 bits per heavy atom. The summed E-state index contributed by atoms with van der Waals surface area (Å²) in [5.74, 6) is 0. The van der Waals surface area contributed by atoms with Crippen molar-refractivity contribution >= 4 is 19.9 Å². The fourth-order valence-electron chi connectivity index (χ4n) is 0.136. The molecular formula is C4H7BrO2Zn. The average Bonchev–Trinajstić information content (AvgIpc) is 1.88. The predicted octanol–water partition coefficient (Wildman–Crippen LogP) is 1.23. The van der Waals surface area contributed by atoms with Crippen molar-refractivity contribution in [2.45, 2.75) is 6.92 Å². The molecule has 4 heteroatoms. The summed E-state index contributed by atoms with van der Waals surface area (Å²) in [5.41, 5.74) is 0. The summed E-state index contributed by atoms with van der Waals surface area (Å²) in [6.07, 6.45) is 0.615. The summed E-state index contributed by atoms with van der Waals surface area (Å²) in [4.78, 5) is 9.38. The Kier molecular flexibility index (Phi) is 22.3. The molecule has 0 unspecified atom stereocenters. The van der Waals surface area contributed by atoms with Crippen LogP contribution in [-0.4, -0.2) is 12.9 Å². The third-order valence-corrected chi connectivity index (χ3v) is 0.318. The van der Waals surface area contributed by atoms with E-state index in [-0.39, 0.29) is 0 Å². The molecule has 0 atom stereocenters. The molecule has 0 aromatic rings. The molecule has 0 aromatic carbocycles. The monoisotopic (exact) mass is 230 g/mol. The van der Waals surface area contributed by atoms with Crippen LogP contribution < -0.4 is 0 Å². The van der Waals surface area contributed by atoms with Crippen LogP contribution in [0.2, 0.25) is 0 Å². The Hall–Kier alpha value is 0.603. The van der Waals surface area contributed by atoms with Gasteiger partial charge in [-0.05, 0) is 6.92 Å². The first-order valence-electron chi connectivity index (χ1n) is 2.07. The Labute approximate surface area is 66.0 Å². The molecule has 0 bridgehead atoms. The molecule has 0 N–H and O–H groups in total. The average molecular weight is 232 g/mol. The van der Waals surface area contributed by atoms with Crippen LogP contribution in [-0.2, 0) is 25.9 Å². The van der Waals surface area contributed by atoms with Gasteiger partial charge in [0.25, 0.3) is 0 Å². The molecule has 0 aliphatic heterocycles. The molecule has 0 heterocycles. The van der Waals surface area contributed by atoms with Gasteiger partial charge in [0.2, 0.25) is 0 Å². The zero-order valence-electron chi connectivity index (χ0n) is 4.76.